The van der Waals surface area contributed by atoms with Crippen molar-refractivity contribution in [2.24, 2.45) is 0 Å². The van der Waals surface area contributed by atoms with E-state index in [4.69, 9.17) is 0 Å². The van der Waals surface area contributed by atoms with Gasteiger partial charge in [-0.1, -0.05) is 38.0 Å². The Morgan fingerprint density at radius 2 is 1.50 bits per heavy atom. The molecule has 0 saturated carbocycles. The van der Waals surface area contributed by atoms with Crippen LogP contribution in [-0.2, 0) is 19.4 Å². The summed E-state index contributed by atoms with van der Waals surface area (Å²) >= 11 is 0. The number of hydrogen-bond donors (Lipinski definition) is 1. The Labute approximate surface area is 145 Å². The predicted octanol–water partition coefficient (Wildman–Crippen LogP) is 2.28. The molecule has 0 spiro atoms. The van der Waals surface area contributed by atoms with Gasteiger partial charge in [-0.05, 0) is 26.0 Å². The standard InChI is InChI=1S/C12H15NO3.C3H8O2S.C2H6/c1-8-4-9(2)6-10(5-8)12(15)13-7-11(14)16-3;1-3-6(2,4)5;1-2/h4-6H,7H2,1-3H3,(H,13,15);3H2,1-2H3;1-2H3. The molecular formula is C17H29NO5S. The quantitative estimate of drug-likeness (QED) is 0.833. The fraction of sp³-hybridized carbons (Fsp3) is 0.529. The lowest BCUT2D eigenvalue weighted by Crippen LogP contribution is -2.30. The summed E-state index contributed by atoms with van der Waals surface area (Å²) < 4.78 is 24.4. The SMILES string of the molecule is CC.CCS(C)(=O)=O.COC(=O)CNC(=O)c1cc(C)cc(C)c1. The first kappa shape index (κ1) is 24.4. The Balaban J connectivity index is 0. The summed E-state index contributed by atoms with van der Waals surface area (Å²) in [5.41, 5.74) is 2.59. The van der Waals surface area contributed by atoms with Gasteiger partial charge in [0.2, 0.25) is 0 Å². The first-order valence-electron chi connectivity index (χ1n) is 7.70. The minimum absolute atomic E-state index is 0.109. The largest absolute Gasteiger partial charge is 0.468 e. The van der Waals surface area contributed by atoms with E-state index in [0.29, 0.717) is 5.56 Å². The van der Waals surface area contributed by atoms with Crippen LogP contribution in [0.1, 0.15) is 42.3 Å². The number of ether oxygens (including phenoxy) is 1. The molecule has 1 aromatic rings. The monoisotopic (exact) mass is 359 g/mol. The molecule has 138 valence electrons. The molecule has 0 atom stereocenters. The van der Waals surface area contributed by atoms with Gasteiger partial charge < -0.3 is 10.1 Å². The van der Waals surface area contributed by atoms with E-state index < -0.39 is 15.8 Å². The zero-order chi connectivity index (χ0) is 19.3. The van der Waals surface area contributed by atoms with Crippen LogP contribution in [0.15, 0.2) is 18.2 Å². The fourth-order valence-electron chi connectivity index (χ4n) is 1.43. The molecule has 0 aliphatic heterocycles. The van der Waals surface area contributed by atoms with Crippen LogP contribution in [0.3, 0.4) is 0 Å². The average Bonchev–Trinajstić information content (AvgIpc) is 2.53. The molecule has 6 nitrogen and oxygen atoms in total. The molecule has 7 heteroatoms. The number of benzene rings is 1. The number of carbonyl (C=O) groups excluding carboxylic acids is 2. The van der Waals surface area contributed by atoms with Gasteiger partial charge in [0.1, 0.15) is 16.4 Å². The van der Waals surface area contributed by atoms with Crippen molar-refractivity contribution in [1.82, 2.24) is 5.32 Å². The van der Waals surface area contributed by atoms with Crippen molar-refractivity contribution in [3.63, 3.8) is 0 Å². The third kappa shape index (κ3) is 12.6. The van der Waals surface area contributed by atoms with Crippen molar-refractivity contribution in [3.05, 3.63) is 34.9 Å². The summed E-state index contributed by atoms with van der Waals surface area (Å²) in [6.45, 7) is 9.35. The van der Waals surface area contributed by atoms with Crippen LogP contribution in [0.5, 0.6) is 0 Å². The second kappa shape index (κ2) is 12.5. The molecule has 0 aliphatic carbocycles. The van der Waals surface area contributed by atoms with Gasteiger partial charge in [0.05, 0.1) is 7.11 Å². The topological polar surface area (TPSA) is 89.5 Å². The molecule has 0 radical (unpaired) electrons. The van der Waals surface area contributed by atoms with Crippen LogP contribution < -0.4 is 5.32 Å². The van der Waals surface area contributed by atoms with E-state index in [0.717, 1.165) is 11.1 Å². The van der Waals surface area contributed by atoms with Crippen molar-refractivity contribution in [2.45, 2.75) is 34.6 Å². The number of amides is 1. The second-order valence-corrected chi connectivity index (χ2v) is 7.28. The molecule has 24 heavy (non-hydrogen) atoms. The third-order valence-electron chi connectivity index (χ3n) is 2.63. The van der Waals surface area contributed by atoms with Crippen LogP contribution in [-0.4, -0.2) is 46.0 Å². The van der Waals surface area contributed by atoms with Crippen molar-refractivity contribution < 1.29 is 22.7 Å². The first-order chi connectivity index (χ1) is 11.1. The summed E-state index contributed by atoms with van der Waals surface area (Å²) in [5.74, 6) is -0.484. The van der Waals surface area contributed by atoms with Crippen LogP contribution >= 0.6 is 0 Å². The Bertz CT molecular complexity index is 604. The van der Waals surface area contributed by atoms with Gasteiger partial charge >= 0.3 is 5.97 Å². The van der Waals surface area contributed by atoms with Crippen LogP contribution in [0.4, 0.5) is 0 Å². The summed E-state index contributed by atoms with van der Waals surface area (Å²) in [7, 11) is -1.38. The van der Waals surface area contributed by atoms with Crippen LogP contribution in [0.2, 0.25) is 0 Å². The molecule has 0 bridgehead atoms. The minimum atomic E-state index is -2.66. The van der Waals surface area contributed by atoms with E-state index in [1.165, 1.54) is 13.4 Å². The Morgan fingerprint density at radius 1 is 1.08 bits per heavy atom. The number of nitrogens with one attached hydrogen (secondary N) is 1. The Morgan fingerprint density at radius 3 is 1.83 bits per heavy atom. The summed E-state index contributed by atoms with van der Waals surface area (Å²) in [5, 5.41) is 2.49. The molecule has 0 unspecified atom stereocenters. The van der Waals surface area contributed by atoms with E-state index in [1.807, 2.05) is 33.8 Å². The third-order valence-corrected chi connectivity index (χ3v) is 3.68. The predicted molar refractivity (Wildman–Crippen MR) is 97.0 cm³/mol. The summed E-state index contributed by atoms with van der Waals surface area (Å²) in [6.07, 6.45) is 1.22. The molecule has 0 fully saturated rings. The highest BCUT2D eigenvalue weighted by atomic mass is 32.2. The number of hydrogen-bond acceptors (Lipinski definition) is 5. The number of carbonyl (C=O) groups is 2. The zero-order valence-corrected chi connectivity index (χ0v) is 16.4. The minimum Gasteiger partial charge on any atom is -0.468 e. The highest BCUT2D eigenvalue weighted by Crippen LogP contribution is 2.08. The van der Waals surface area contributed by atoms with Crippen molar-refractivity contribution in [2.75, 3.05) is 25.7 Å². The van der Waals surface area contributed by atoms with Crippen molar-refractivity contribution >= 4 is 21.7 Å². The normalized spacial score (nSPS) is 9.62. The maximum absolute atomic E-state index is 11.7. The van der Waals surface area contributed by atoms with E-state index >= 15 is 0 Å². The molecule has 1 N–H and O–H groups in total. The highest BCUT2D eigenvalue weighted by molar-refractivity contribution is 7.90. The first-order valence-corrected chi connectivity index (χ1v) is 9.76. The zero-order valence-electron chi connectivity index (χ0n) is 15.6. The number of sulfone groups is 1. The number of aryl methyl sites for hydroxylation is 2. The Hall–Kier alpha value is -1.89. The number of rotatable bonds is 4. The molecule has 0 aromatic heterocycles. The second-order valence-electron chi connectivity index (χ2n) is 4.85. The smallest absolute Gasteiger partial charge is 0.325 e. The molecule has 1 rings (SSSR count). The van der Waals surface area contributed by atoms with Gasteiger partial charge in [0.25, 0.3) is 5.91 Å². The highest BCUT2D eigenvalue weighted by Gasteiger charge is 2.08. The van der Waals surface area contributed by atoms with Gasteiger partial charge in [-0.25, -0.2) is 8.42 Å². The molecule has 1 aromatic carbocycles. The van der Waals surface area contributed by atoms with Crippen molar-refractivity contribution in [3.8, 4) is 0 Å². The van der Waals surface area contributed by atoms with Gasteiger partial charge in [-0.3, -0.25) is 9.59 Å². The van der Waals surface area contributed by atoms with Gasteiger partial charge in [0.15, 0.2) is 0 Å². The lowest BCUT2D eigenvalue weighted by molar-refractivity contribution is -0.139. The number of esters is 1. The summed E-state index contributed by atoms with van der Waals surface area (Å²) in [6, 6.07) is 5.54. The van der Waals surface area contributed by atoms with E-state index in [1.54, 1.807) is 19.1 Å². The maximum atomic E-state index is 11.7. The van der Waals surface area contributed by atoms with Gasteiger partial charge in [-0.2, -0.15) is 0 Å². The lowest BCUT2D eigenvalue weighted by atomic mass is 10.1. The van der Waals surface area contributed by atoms with E-state index in [9.17, 15) is 18.0 Å². The van der Waals surface area contributed by atoms with Gasteiger partial charge in [-0.15, -0.1) is 0 Å². The lowest BCUT2D eigenvalue weighted by Gasteiger charge is -2.05. The molecule has 1 amide bonds. The van der Waals surface area contributed by atoms with E-state index in [-0.39, 0.29) is 18.2 Å². The fourth-order valence-corrected chi connectivity index (χ4v) is 1.43. The van der Waals surface area contributed by atoms with Crippen LogP contribution in [0, 0.1) is 13.8 Å². The summed E-state index contributed by atoms with van der Waals surface area (Å²) in [4.78, 5) is 22.5. The van der Waals surface area contributed by atoms with Crippen LogP contribution in [0.25, 0.3) is 0 Å². The van der Waals surface area contributed by atoms with E-state index in [2.05, 4.69) is 10.1 Å². The van der Waals surface area contributed by atoms with Gasteiger partial charge in [0, 0.05) is 17.6 Å². The molecule has 0 saturated heterocycles. The molecular weight excluding hydrogens is 330 g/mol. The molecule has 0 aliphatic rings. The average molecular weight is 359 g/mol. The Kier molecular flexibility index (Phi) is 12.7. The molecule has 0 heterocycles. The van der Waals surface area contributed by atoms with Crippen molar-refractivity contribution in [1.29, 1.82) is 0 Å². The maximum Gasteiger partial charge on any atom is 0.325 e. The number of methoxy groups -OCH3 is 1.